The van der Waals surface area contributed by atoms with Crippen molar-refractivity contribution in [2.75, 3.05) is 6.54 Å². The Morgan fingerprint density at radius 2 is 1.78 bits per heavy atom. The Labute approximate surface area is 109 Å². The first-order valence-corrected chi connectivity index (χ1v) is 6.34. The van der Waals surface area contributed by atoms with Gasteiger partial charge in [0, 0.05) is 6.54 Å². The van der Waals surface area contributed by atoms with E-state index >= 15 is 0 Å². The van der Waals surface area contributed by atoms with Crippen molar-refractivity contribution in [3.05, 3.63) is 35.4 Å². The highest BCUT2D eigenvalue weighted by molar-refractivity contribution is 5.96. The number of hydrogen-bond donors (Lipinski definition) is 1. The molecule has 1 aromatic carbocycles. The summed E-state index contributed by atoms with van der Waals surface area (Å²) >= 11 is 0. The summed E-state index contributed by atoms with van der Waals surface area (Å²) < 4.78 is 0. The Balaban J connectivity index is 2.35. The molecule has 0 heterocycles. The first-order valence-electron chi connectivity index (χ1n) is 6.34. The average Bonchev–Trinajstić information content (AvgIpc) is 2.28. The summed E-state index contributed by atoms with van der Waals surface area (Å²) in [6.07, 6.45) is 0.772. The van der Waals surface area contributed by atoms with Crippen molar-refractivity contribution in [1.29, 1.82) is 0 Å². The van der Waals surface area contributed by atoms with Crippen LogP contribution in [0.4, 0.5) is 0 Å². The van der Waals surface area contributed by atoms with E-state index in [1.807, 2.05) is 0 Å². The zero-order valence-corrected chi connectivity index (χ0v) is 11.3. The summed E-state index contributed by atoms with van der Waals surface area (Å²) in [7, 11) is 0. The summed E-state index contributed by atoms with van der Waals surface area (Å²) in [6.45, 7) is 6.32. The summed E-state index contributed by atoms with van der Waals surface area (Å²) in [5, 5.41) is 2.74. The third-order valence-electron chi connectivity index (χ3n) is 2.79. The van der Waals surface area contributed by atoms with Crippen molar-refractivity contribution >= 4 is 11.7 Å². The molecule has 0 aromatic heterocycles. The number of benzene rings is 1. The summed E-state index contributed by atoms with van der Waals surface area (Å²) in [4.78, 5) is 22.0. The Morgan fingerprint density at radius 3 is 2.28 bits per heavy atom. The number of rotatable bonds is 6. The maximum atomic E-state index is 11.3. The fourth-order valence-corrected chi connectivity index (χ4v) is 1.70. The van der Waals surface area contributed by atoms with Crippen LogP contribution in [-0.2, 0) is 16.0 Å². The second-order valence-corrected chi connectivity index (χ2v) is 4.88. The van der Waals surface area contributed by atoms with Gasteiger partial charge in [0.1, 0.15) is 5.78 Å². The number of carbonyl (C=O) groups excluding carboxylic acids is 2. The topological polar surface area (TPSA) is 46.2 Å². The van der Waals surface area contributed by atoms with Crippen LogP contribution < -0.4 is 5.32 Å². The second kappa shape index (κ2) is 6.94. The number of amides is 1. The minimum Gasteiger partial charge on any atom is -0.355 e. The largest absolute Gasteiger partial charge is 0.355 e. The van der Waals surface area contributed by atoms with E-state index in [1.165, 1.54) is 18.1 Å². The van der Waals surface area contributed by atoms with Gasteiger partial charge in [-0.3, -0.25) is 9.59 Å². The maximum Gasteiger partial charge on any atom is 0.227 e. The normalized spacial score (nSPS) is 10.4. The standard InChI is InChI=1S/C15H21NO2/c1-11(2)14-6-4-13(5-7-14)8-9-16-15(18)10-12(3)17/h4-7,11H,8-10H2,1-3H3,(H,16,18). The quantitative estimate of drug-likeness (QED) is 0.785. The lowest BCUT2D eigenvalue weighted by Gasteiger charge is -2.07. The van der Waals surface area contributed by atoms with E-state index in [0.29, 0.717) is 12.5 Å². The van der Waals surface area contributed by atoms with Crippen LogP contribution in [-0.4, -0.2) is 18.2 Å². The number of nitrogens with one attached hydrogen (secondary N) is 1. The highest BCUT2D eigenvalue weighted by atomic mass is 16.2. The van der Waals surface area contributed by atoms with Gasteiger partial charge in [0.05, 0.1) is 6.42 Å². The minimum absolute atomic E-state index is 0.0215. The van der Waals surface area contributed by atoms with Crippen molar-refractivity contribution in [2.24, 2.45) is 0 Å². The molecule has 3 nitrogen and oxygen atoms in total. The van der Waals surface area contributed by atoms with Crippen LogP contribution in [0.3, 0.4) is 0 Å². The van der Waals surface area contributed by atoms with Crippen molar-refractivity contribution in [1.82, 2.24) is 5.32 Å². The molecule has 1 amide bonds. The number of hydrogen-bond acceptors (Lipinski definition) is 2. The van der Waals surface area contributed by atoms with E-state index in [2.05, 4.69) is 43.4 Å². The second-order valence-electron chi connectivity index (χ2n) is 4.88. The third-order valence-corrected chi connectivity index (χ3v) is 2.79. The lowest BCUT2D eigenvalue weighted by atomic mass is 10.0. The summed E-state index contributed by atoms with van der Waals surface area (Å²) in [6, 6.07) is 8.42. The zero-order valence-electron chi connectivity index (χ0n) is 11.3. The molecule has 18 heavy (non-hydrogen) atoms. The molecule has 0 spiro atoms. The van der Waals surface area contributed by atoms with Gasteiger partial charge in [0.2, 0.25) is 5.91 Å². The van der Waals surface area contributed by atoms with Crippen molar-refractivity contribution in [2.45, 2.75) is 39.5 Å². The molecule has 0 fully saturated rings. The van der Waals surface area contributed by atoms with Crippen LogP contribution in [0.1, 0.15) is 44.2 Å². The predicted octanol–water partition coefficient (Wildman–Crippen LogP) is 2.45. The van der Waals surface area contributed by atoms with Gasteiger partial charge in [0.25, 0.3) is 0 Å². The smallest absolute Gasteiger partial charge is 0.227 e. The molecule has 0 aliphatic carbocycles. The molecule has 0 aliphatic rings. The molecular formula is C15H21NO2. The average molecular weight is 247 g/mol. The summed E-state index contributed by atoms with van der Waals surface area (Å²) in [5.74, 6) is 0.240. The van der Waals surface area contributed by atoms with E-state index in [0.717, 1.165) is 6.42 Å². The van der Waals surface area contributed by atoms with E-state index in [4.69, 9.17) is 0 Å². The van der Waals surface area contributed by atoms with Crippen LogP contribution in [0, 0.1) is 0 Å². The molecule has 0 radical (unpaired) electrons. The highest BCUT2D eigenvalue weighted by Gasteiger charge is 2.04. The monoisotopic (exact) mass is 247 g/mol. The molecule has 0 saturated carbocycles. The van der Waals surface area contributed by atoms with E-state index in [9.17, 15) is 9.59 Å². The van der Waals surface area contributed by atoms with E-state index < -0.39 is 0 Å². The van der Waals surface area contributed by atoms with E-state index in [1.54, 1.807) is 0 Å². The fraction of sp³-hybridized carbons (Fsp3) is 0.467. The molecule has 1 rings (SSSR count). The van der Waals surface area contributed by atoms with Crippen LogP contribution in [0.15, 0.2) is 24.3 Å². The Bertz CT molecular complexity index is 407. The Kier molecular flexibility index (Phi) is 5.56. The highest BCUT2D eigenvalue weighted by Crippen LogP contribution is 2.14. The van der Waals surface area contributed by atoms with Gasteiger partial charge in [-0.15, -0.1) is 0 Å². The van der Waals surface area contributed by atoms with E-state index in [-0.39, 0.29) is 18.1 Å². The van der Waals surface area contributed by atoms with Gasteiger partial charge in [-0.25, -0.2) is 0 Å². The zero-order chi connectivity index (χ0) is 13.5. The molecule has 0 saturated heterocycles. The van der Waals surface area contributed by atoms with Crippen LogP contribution >= 0.6 is 0 Å². The van der Waals surface area contributed by atoms with Crippen molar-refractivity contribution in [3.8, 4) is 0 Å². The van der Waals surface area contributed by atoms with Crippen LogP contribution in [0.5, 0.6) is 0 Å². The third kappa shape index (κ3) is 5.13. The van der Waals surface area contributed by atoms with Gasteiger partial charge in [-0.05, 0) is 30.4 Å². The molecule has 1 N–H and O–H groups in total. The molecule has 3 heteroatoms. The maximum absolute atomic E-state index is 11.3. The number of Topliss-reactive ketones (excluding diaryl/α,β-unsaturated/α-hetero) is 1. The van der Waals surface area contributed by atoms with Gasteiger partial charge in [-0.1, -0.05) is 38.1 Å². The predicted molar refractivity (Wildman–Crippen MR) is 72.5 cm³/mol. The molecular weight excluding hydrogens is 226 g/mol. The number of carbonyl (C=O) groups is 2. The van der Waals surface area contributed by atoms with Gasteiger partial charge < -0.3 is 5.32 Å². The van der Waals surface area contributed by atoms with Crippen molar-refractivity contribution in [3.63, 3.8) is 0 Å². The van der Waals surface area contributed by atoms with Crippen LogP contribution in [0.2, 0.25) is 0 Å². The minimum atomic E-state index is -0.193. The molecule has 0 aliphatic heterocycles. The SMILES string of the molecule is CC(=O)CC(=O)NCCc1ccc(C(C)C)cc1. The lowest BCUT2D eigenvalue weighted by Crippen LogP contribution is -2.27. The molecule has 98 valence electrons. The summed E-state index contributed by atoms with van der Waals surface area (Å²) in [5.41, 5.74) is 2.52. The van der Waals surface area contributed by atoms with Gasteiger partial charge >= 0.3 is 0 Å². The van der Waals surface area contributed by atoms with Gasteiger partial charge in [0.15, 0.2) is 0 Å². The first kappa shape index (κ1) is 14.4. The first-order chi connectivity index (χ1) is 8.49. The Morgan fingerprint density at radius 1 is 1.17 bits per heavy atom. The molecule has 0 unspecified atom stereocenters. The molecule has 0 atom stereocenters. The molecule has 1 aromatic rings. The van der Waals surface area contributed by atoms with Crippen LogP contribution in [0.25, 0.3) is 0 Å². The lowest BCUT2D eigenvalue weighted by molar-refractivity contribution is -0.127. The molecule has 0 bridgehead atoms. The van der Waals surface area contributed by atoms with Gasteiger partial charge in [-0.2, -0.15) is 0 Å². The van der Waals surface area contributed by atoms with Crippen molar-refractivity contribution < 1.29 is 9.59 Å². The fourth-order valence-electron chi connectivity index (χ4n) is 1.70. The Hall–Kier alpha value is -1.64. The number of ketones is 1.